The molecule has 18 heavy (non-hydrogen) atoms. The Morgan fingerprint density at radius 1 is 1.11 bits per heavy atom. The Hall–Kier alpha value is -1.04. The fraction of sp³-hybridized carbons (Fsp3) is 0.556. The maximum absolute atomic E-state index is 2.49. The molecule has 0 nitrogen and oxygen atoms in total. The first kappa shape index (κ1) is 12.0. The second-order valence-electron chi connectivity index (χ2n) is 7.18. The third-order valence-electron chi connectivity index (χ3n) is 5.88. The van der Waals surface area contributed by atoms with Gasteiger partial charge < -0.3 is 0 Å². The van der Waals surface area contributed by atoms with Gasteiger partial charge in [0.1, 0.15) is 0 Å². The lowest BCUT2D eigenvalue weighted by molar-refractivity contribution is 0.152. The Balaban J connectivity index is 1.94. The molecule has 1 aromatic rings. The largest absolute Gasteiger partial charge is 0.0654 e. The summed E-state index contributed by atoms with van der Waals surface area (Å²) in [5.41, 5.74) is 5.44. The highest BCUT2D eigenvalue weighted by atomic mass is 14.6. The van der Waals surface area contributed by atoms with E-state index in [-0.39, 0.29) is 0 Å². The fourth-order valence-corrected chi connectivity index (χ4v) is 4.13. The molecule has 0 heteroatoms. The van der Waals surface area contributed by atoms with Crippen LogP contribution in [0.3, 0.4) is 0 Å². The summed E-state index contributed by atoms with van der Waals surface area (Å²) in [6.45, 7) is 9.59. The van der Waals surface area contributed by atoms with Crippen molar-refractivity contribution in [2.24, 2.45) is 16.7 Å². The van der Waals surface area contributed by atoms with E-state index in [0.717, 1.165) is 5.92 Å². The highest BCUT2D eigenvalue weighted by Crippen LogP contribution is 2.67. The molecule has 0 heterocycles. The predicted octanol–water partition coefficient (Wildman–Crippen LogP) is 5.22. The lowest BCUT2D eigenvalue weighted by Gasteiger charge is -2.33. The van der Waals surface area contributed by atoms with Crippen molar-refractivity contribution in [3.05, 3.63) is 41.0 Å². The molecule has 2 saturated carbocycles. The van der Waals surface area contributed by atoms with Crippen LogP contribution in [0.2, 0.25) is 0 Å². The smallest absolute Gasteiger partial charge is 0.0143 e. The topological polar surface area (TPSA) is 0 Å². The number of hydrogen-bond acceptors (Lipinski definition) is 0. The van der Waals surface area contributed by atoms with Gasteiger partial charge in [0.05, 0.1) is 0 Å². The zero-order chi connectivity index (χ0) is 13.0. The molecule has 0 saturated heterocycles. The molecular formula is C18H24. The van der Waals surface area contributed by atoms with Gasteiger partial charge in [0.15, 0.2) is 0 Å². The standard InChI is InChI=1S/C18H24/c1-13-5-7-14(8-6-13)11-15-12-18(4)10-9-16(15)17(18,2)3/h5-8,11,16H,9-10,12H2,1-4H3. The van der Waals surface area contributed by atoms with Gasteiger partial charge >= 0.3 is 0 Å². The van der Waals surface area contributed by atoms with E-state index in [4.69, 9.17) is 0 Å². The lowest BCUT2D eigenvalue weighted by Crippen LogP contribution is -2.26. The SMILES string of the molecule is Cc1ccc(C=C2CC3(C)CCC2C3(C)C)cc1. The molecule has 0 N–H and O–H groups in total. The Labute approximate surface area is 111 Å². The molecule has 0 radical (unpaired) electrons. The minimum atomic E-state index is 0.490. The maximum Gasteiger partial charge on any atom is -0.0143 e. The summed E-state index contributed by atoms with van der Waals surface area (Å²) < 4.78 is 0. The number of allylic oxidation sites excluding steroid dienone is 1. The van der Waals surface area contributed by atoms with Crippen molar-refractivity contribution in [1.82, 2.24) is 0 Å². The highest BCUT2D eigenvalue weighted by Gasteiger charge is 2.57. The summed E-state index contributed by atoms with van der Waals surface area (Å²) in [6.07, 6.45) is 6.56. The summed E-state index contributed by atoms with van der Waals surface area (Å²) in [7, 11) is 0. The molecule has 0 amide bonds. The van der Waals surface area contributed by atoms with E-state index in [1.807, 2.05) is 0 Å². The lowest BCUT2D eigenvalue weighted by atomic mass is 9.71. The second kappa shape index (κ2) is 3.73. The first-order valence-electron chi connectivity index (χ1n) is 7.19. The maximum atomic E-state index is 2.49. The number of aryl methyl sites for hydroxylation is 1. The molecule has 3 rings (SSSR count). The molecular weight excluding hydrogens is 216 g/mol. The second-order valence-corrected chi connectivity index (χ2v) is 7.18. The summed E-state index contributed by atoms with van der Waals surface area (Å²) in [6, 6.07) is 8.94. The summed E-state index contributed by atoms with van der Waals surface area (Å²) >= 11 is 0. The molecule has 2 atom stereocenters. The summed E-state index contributed by atoms with van der Waals surface area (Å²) in [4.78, 5) is 0. The zero-order valence-electron chi connectivity index (χ0n) is 12.1. The Kier molecular flexibility index (Phi) is 2.49. The Bertz CT molecular complexity index is 487. The zero-order valence-corrected chi connectivity index (χ0v) is 12.1. The molecule has 0 aliphatic heterocycles. The summed E-state index contributed by atoms with van der Waals surface area (Å²) in [5, 5.41) is 0. The van der Waals surface area contributed by atoms with Crippen molar-refractivity contribution in [2.75, 3.05) is 0 Å². The average Bonchev–Trinajstić information content (AvgIpc) is 2.63. The van der Waals surface area contributed by atoms with Gasteiger partial charge in [-0.05, 0) is 48.5 Å². The van der Waals surface area contributed by atoms with Crippen molar-refractivity contribution in [3.63, 3.8) is 0 Å². The van der Waals surface area contributed by atoms with Crippen LogP contribution in [0.15, 0.2) is 29.8 Å². The average molecular weight is 240 g/mol. The molecule has 0 aromatic heterocycles. The van der Waals surface area contributed by atoms with E-state index in [0.29, 0.717) is 10.8 Å². The number of fused-ring (bicyclic) bond motifs is 2. The van der Waals surface area contributed by atoms with E-state index < -0.39 is 0 Å². The first-order valence-corrected chi connectivity index (χ1v) is 7.19. The molecule has 2 bridgehead atoms. The van der Waals surface area contributed by atoms with Crippen LogP contribution in [0.5, 0.6) is 0 Å². The highest BCUT2D eigenvalue weighted by molar-refractivity contribution is 5.56. The third kappa shape index (κ3) is 1.58. The van der Waals surface area contributed by atoms with Gasteiger partial charge in [-0.1, -0.05) is 62.2 Å². The van der Waals surface area contributed by atoms with E-state index in [9.17, 15) is 0 Å². The van der Waals surface area contributed by atoms with Gasteiger partial charge in [-0.15, -0.1) is 0 Å². The molecule has 2 fully saturated rings. The molecule has 0 spiro atoms. The minimum absolute atomic E-state index is 0.490. The number of hydrogen-bond donors (Lipinski definition) is 0. The normalized spacial score (nSPS) is 35.3. The van der Waals surface area contributed by atoms with Crippen LogP contribution in [0.4, 0.5) is 0 Å². The number of benzene rings is 1. The Morgan fingerprint density at radius 3 is 2.28 bits per heavy atom. The van der Waals surface area contributed by atoms with Gasteiger partial charge in [0.2, 0.25) is 0 Å². The molecule has 96 valence electrons. The molecule has 2 aliphatic carbocycles. The van der Waals surface area contributed by atoms with Crippen LogP contribution in [-0.2, 0) is 0 Å². The van der Waals surface area contributed by atoms with Crippen LogP contribution in [0.25, 0.3) is 6.08 Å². The van der Waals surface area contributed by atoms with Gasteiger partial charge in [0, 0.05) is 0 Å². The van der Waals surface area contributed by atoms with Crippen molar-refractivity contribution in [2.45, 2.75) is 47.0 Å². The van der Waals surface area contributed by atoms with Crippen LogP contribution < -0.4 is 0 Å². The van der Waals surface area contributed by atoms with Crippen LogP contribution in [0.1, 0.15) is 51.2 Å². The van der Waals surface area contributed by atoms with Gasteiger partial charge in [-0.3, -0.25) is 0 Å². The molecule has 2 aliphatic rings. The third-order valence-corrected chi connectivity index (χ3v) is 5.88. The van der Waals surface area contributed by atoms with E-state index >= 15 is 0 Å². The van der Waals surface area contributed by atoms with Crippen molar-refractivity contribution < 1.29 is 0 Å². The van der Waals surface area contributed by atoms with Crippen LogP contribution in [0, 0.1) is 23.7 Å². The van der Waals surface area contributed by atoms with E-state index in [2.05, 4.69) is 58.0 Å². The van der Waals surface area contributed by atoms with E-state index in [1.54, 1.807) is 5.57 Å². The van der Waals surface area contributed by atoms with Crippen molar-refractivity contribution in [1.29, 1.82) is 0 Å². The van der Waals surface area contributed by atoms with Gasteiger partial charge in [-0.2, -0.15) is 0 Å². The van der Waals surface area contributed by atoms with Crippen LogP contribution in [-0.4, -0.2) is 0 Å². The quantitative estimate of drug-likeness (QED) is 0.631. The number of rotatable bonds is 1. The first-order chi connectivity index (χ1) is 8.42. The summed E-state index contributed by atoms with van der Waals surface area (Å²) in [5.74, 6) is 0.809. The van der Waals surface area contributed by atoms with E-state index in [1.165, 1.54) is 30.4 Å². The van der Waals surface area contributed by atoms with Gasteiger partial charge in [0.25, 0.3) is 0 Å². The monoisotopic (exact) mass is 240 g/mol. The van der Waals surface area contributed by atoms with Crippen LogP contribution >= 0.6 is 0 Å². The van der Waals surface area contributed by atoms with Crippen molar-refractivity contribution >= 4 is 6.08 Å². The van der Waals surface area contributed by atoms with Gasteiger partial charge in [-0.25, -0.2) is 0 Å². The van der Waals surface area contributed by atoms with Crippen molar-refractivity contribution in [3.8, 4) is 0 Å². The molecule has 1 aromatic carbocycles. The Morgan fingerprint density at radius 2 is 1.78 bits per heavy atom. The minimum Gasteiger partial charge on any atom is -0.0654 e. The molecule has 2 unspecified atom stereocenters. The fourth-order valence-electron chi connectivity index (χ4n) is 4.13. The predicted molar refractivity (Wildman–Crippen MR) is 78.4 cm³/mol.